The van der Waals surface area contributed by atoms with Crippen molar-refractivity contribution in [2.75, 3.05) is 25.5 Å². The lowest BCUT2D eigenvalue weighted by Gasteiger charge is -2.14. The highest BCUT2D eigenvalue weighted by atomic mass is 16.5. The van der Waals surface area contributed by atoms with E-state index in [0.717, 1.165) is 53.5 Å². The van der Waals surface area contributed by atoms with Crippen LogP contribution in [0.5, 0.6) is 5.75 Å². The molecule has 2 aromatic heterocycles. The van der Waals surface area contributed by atoms with Crippen LogP contribution in [0.2, 0.25) is 0 Å². The first-order valence-corrected chi connectivity index (χ1v) is 9.76. The normalized spacial score (nSPS) is 16.1. The predicted octanol–water partition coefficient (Wildman–Crippen LogP) is 3.43. The van der Waals surface area contributed by atoms with Gasteiger partial charge in [-0.1, -0.05) is 18.2 Å². The van der Waals surface area contributed by atoms with Gasteiger partial charge in [-0.15, -0.1) is 0 Å². The zero-order valence-electron chi connectivity index (χ0n) is 16.7. The first-order valence-electron chi connectivity index (χ1n) is 9.76. The summed E-state index contributed by atoms with van der Waals surface area (Å²) in [6, 6.07) is 11.9. The number of H-pyrrole nitrogens is 1. The number of nitrogens with zero attached hydrogens (tertiary/aromatic N) is 3. The molecule has 0 bridgehead atoms. The summed E-state index contributed by atoms with van der Waals surface area (Å²) in [5.41, 5.74) is 4.26. The third kappa shape index (κ3) is 4.08. The Morgan fingerprint density at radius 2 is 2.21 bits per heavy atom. The number of ether oxygens (including phenoxy) is 1. The smallest absolute Gasteiger partial charge is 0.219 e. The average molecular weight is 391 g/mol. The molecule has 0 aliphatic carbocycles. The lowest BCUT2D eigenvalue weighted by Crippen LogP contribution is -2.25. The van der Waals surface area contributed by atoms with Gasteiger partial charge >= 0.3 is 0 Å². The number of hydrogen-bond acceptors (Lipinski definition) is 5. The molecule has 0 radical (unpaired) electrons. The Labute approximate surface area is 170 Å². The van der Waals surface area contributed by atoms with E-state index in [9.17, 15) is 4.79 Å². The van der Waals surface area contributed by atoms with Crippen molar-refractivity contribution in [3.8, 4) is 16.9 Å². The van der Waals surface area contributed by atoms with Gasteiger partial charge in [-0.25, -0.2) is 4.98 Å². The molecule has 7 heteroatoms. The third-order valence-electron chi connectivity index (χ3n) is 5.43. The molecular formula is C22H25N5O2. The van der Waals surface area contributed by atoms with Gasteiger partial charge in [0.15, 0.2) is 0 Å². The van der Waals surface area contributed by atoms with E-state index in [1.54, 1.807) is 20.2 Å². The molecule has 1 aromatic carbocycles. The minimum absolute atomic E-state index is 0.125. The van der Waals surface area contributed by atoms with Crippen molar-refractivity contribution in [2.45, 2.75) is 25.8 Å². The standard InChI is InChI=1S/C22H25N5O2/c1-15(28)27-10-8-18(14-27)22-19(13-25-26-22)16-7-9-23-21(11-16)24-12-17-5-3-4-6-20(17)29-2/h3-7,9,11,13,18H,8,10,12,14H2,1-2H3,(H,23,24)(H,25,26). The van der Waals surface area contributed by atoms with Crippen LogP contribution in [0.4, 0.5) is 5.82 Å². The van der Waals surface area contributed by atoms with Gasteiger partial charge in [0.05, 0.1) is 13.3 Å². The van der Waals surface area contributed by atoms with E-state index in [4.69, 9.17) is 4.74 Å². The van der Waals surface area contributed by atoms with Gasteiger partial charge in [0.2, 0.25) is 5.91 Å². The minimum atomic E-state index is 0.125. The van der Waals surface area contributed by atoms with Crippen molar-refractivity contribution < 1.29 is 9.53 Å². The van der Waals surface area contributed by atoms with Crippen LogP contribution in [0, 0.1) is 0 Å². The highest BCUT2D eigenvalue weighted by Crippen LogP contribution is 2.33. The second kappa shape index (κ2) is 8.34. The molecule has 4 rings (SSSR count). The molecule has 0 saturated carbocycles. The molecule has 1 fully saturated rings. The van der Waals surface area contributed by atoms with Crippen molar-refractivity contribution in [1.29, 1.82) is 0 Å². The summed E-state index contributed by atoms with van der Waals surface area (Å²) in [6.45, 7) is 3.77. The molecule has 1 atom stereocenters. The summed E-state index contributed by atoms with van der Waals surface area (Å²) in [6.07, 6.45) is 4.59. The summed E-state index contributed by atoms with van der Waals surface area (Å²) >= 11 is 0. The van der Waals surface area contributed by atoms with Crippen molar-refractivity contribution >= 4 is 11.7 Å². The Morgan fingerprint density at radius 1 is 1.34 bits per heavy atom. The SMILES string of the molecule is COc1ccccc1CNc1cc(-c2cn[nH]c2C2CCN(C(C)=O)C2)ccn1. The lowest BCUT2D eigenvalue weighted by atomic mass is 9.97. The van der Waals surface area contributed by atoms with Crippen LogP contribution in [0.3, 0.4) is 0 Å². The molecule has 150 valence electrons. The van der Waals surface area contributed by atoms with Crippen LogP contribution in [0.1, 0.15) is 30.5 Å². The van der Waals surface area contributed by atoms with Crippen LogP contribution in [-0.2, 0) is 11.3 Å². The van der Waals surface area contributed by atoms with E-state index in [-0.39, 0.29) is 11.8 Å². The molecule has 3 aromatic rings. The summed E-state index contributed by atoms with van der Waals surface area (Å²) in [5, 5.41) is 10.8. The maximum absolute atomic E-state index is 11.7. The topological polar surface area (TPSA) is 83.1 Å². The predicted molar refractivity (Wildman–Crippen MR) is 112 cm³/mol. The Hall–Kier alpha value is -3.35. The fourth-order valence-electron chi connectivity index (χ4n) is 3.85. The molecule has 0 spiro atoms. The van der Waals surface area contributed by atoms with Gasteiger partial charge in [0.25, 0.3) is 0 Å². The van der Waals surface area contributed by atoms with Crippen molar-refractivity contribution in [2.24, 2.45) is 0 Å². The van der Waals surface area contributed by atoms with E-state index < -0.39 is 0 Å². The molecule has 29 heavy (non-hydrogen) atoms. The monoisotopic (exact) mass is 391 g/mol. The van der Waals surface area contributed by atoms with Crippen LogP contribution < -0.4 is 10.1 Å². The van der Waals surface area contributed by atoms with Gasteiger partial charge in [-0.2, -0.15) is 5.10 Å². The van der Waals surface area contributed by atoms with E-state index in [1.807, 2.05) is 47.5 Å². The number of anilines is 1. The molecule has 1 unspecified atom stereocenters. The number of aromatic amines is 1. The highest BCUT2D eigenvalue weighted by molar-refractivity contribution is 5.74. The Kier molecular flexibility index (Phi) is 5.46. The Balaban J connectivity index is 1.51. The molecule has 2 N–H and O–H groups in total. The first kappa shape index (κ1) is 19.0. The first-order chi connectivity index (χ1) is 14.2. The molecule has 1 aliphatic heterocycles. The maximum Gasteiger partial charge on any atom is 0.219 e. The summed E-state index contributed by atoms with van der Waals surface area (Å²) in [7, 11) is 1.67. The number of aromatic nitrogens is 3. The van der Waals surface area contributed by atoms with Crippen LogP contribution in [0.25, 0.3) is 11.1 Å². The number of methoxy groups -OCH3 is 1. The third-order valence-corrected chi connectivity index (χ3v) is 5.43. The summed E-state index contributed by atoms with van der Waals surface area (Å²) < 4.78 is 5.41. The number of amides is 1. The van der Waals surface area contributed by atoms with Gasteiger partial charge < -0.3 is 15.0 Å². The largest absolute Gasteiger partial charge is 0.496 e. The van der Waals surface area contributed by atoms with Crippen molar-refractivity contribution in [3.05, 3.63) is 60.0 Å². The van der Waals surface area contributed by atoms with E-state index in [2.05, 4.69) is 20.5 Å². The van der Waals surface area contributed by atoms with Gasteiger partial charge in [0, 0.05) is 55.5 Å². The zero-order chi connectivity index (χ0) is 20.2. The number of nitrogens with one attached hydrogen (secondary N) is 2. The summed E-state index contributed by atoms with van der Waals surface area (Å²) in [4.78, 5) is 18.0. The molecule has 1 amide bonds. The molecule has 1 aliphatic rings. The van der Waals surface area contributed by atoms with Gasteiger partial charge in [-0.05, 0) is 30.2 Å². The molecular weight excluding hydrogens is 366 g/mol. The number of carbonyl (C=O) groups is 1. The van der Waals surface area contributed by atoms with Gasteiger partial charge in [0.1, 0.15) is 11.6 Å². The van der Waals surface area contributed by atoms with Crippen LogP contribution >= 0.6 is 0 Å². The molecule has 3 heterocycles. The quantitative estimate of drug-likeness (QED) is 0.673. The van der Waals surface area contributed by atoms with Crippen molar-refractivity contribution in [1.82, 2.24) is 20.1 Å². The zero-order valence-corrected chi connectivity index (χ0v) is 16.7. The van der Waals surface area contributed by atoms with Crippen molar-refractivity contribution in [3.63, 3.8) is 0 Å². The number of rotatable bonds is 6. The lowest BCUT2D eigenvalue weighted by molar-refractivity contribution is -0.127. The average Bonchev–Trinajstić information content (AvgIpc) is 3.42. The van der Waals surface area contributed by atoms with Crippen LogP contribution in [-0.4, -0.2) is 46.2 Å². The van der Waals surface area contributed by atoms with Gasteiger partial charge in [-0.3, -0.25) is 9.89 Å². The number of likely N-dealkylation sites (tertiary alicyclic amines) is 1. The van der Waals surface area contributed by atoms with Crippen LogP contribution in [0.15, 0.2) is 48.8 Å². The maximum atomic E-state index is 11.7. The molecule has 1 saturated heterocycles. The number of para-hydroxylation sites is 1. The second-order valence-corrected chi connectivity index (χ2v) is 7.24. The number of carbonyl (C=O) groups excluding carboxylic acids is 1. The fraction of sp³-hybridized carbons (Fsp3) is 0.318. The Morgan fingerprint density at radius 3 is 3.00 bits per heavy atom. The highest BCUT2D eigenvalue weighted by Gasteiger charge is 2.28. The van der Waals surface area contributed by atoms with E-state index >= 15 is 0 Å². The number of benzene rings is 1. The number of hydrogen-bond donors (Lipinski definition) is 2. The number of pyridine rings is 1. The minimum Gasteiger partial charge on any atom is -0.496 e. The second-order valence-electron chi connectivity index (χ2n) is 7.24. The van der Waals surface area contributed by atoms with E-state index in [1.165, 1.54) is 0 Å². The van der Waals surface area contributed by atoms with E-state index in [0.29, 0.717) is 6.54 Å². The molecule has 7 nitrogen and oxygen atoms in total. The Bertz CT molecular complexity index is 1000. The summed E-state index contributed by atoms with van der Waals surface area (Å²) in [5.74, 6) is 2.04. The fourth-order valence-corrected chi connectivity index (χ4v) is 3.85.